The second-order valence-electron chi connectivity index (χ2n) is 4.61. The van der Waals surface area contributed by atoms with Crippen molar-refractivity contribution >= 4 is 21.4 Å². The molecule has 1 saturated heterocycles. The van der Waals surface area contributed by atoms with E-state index in [1.165, 1.54) is 7.11 Å². The molecule has 104 valence electrons. The molecule has 6 nitrogen and oxygen atoms in total. The molecule has 1 aromatic rings. The van der Waals surface area contributed by atoms with E-state index in [0.29, 0.717) is 11.4 Å². The van der Waals surface area contributed by atoms with Gasteiger partial charge in [-0.1, -0.05) is 12.1 Å². The zero-order valence-electron chi connectivity index (χ0n) is 10.5. The normalized spacial score (nSPS) is 24.9. The van der Waals surface area contributed by atoms with Crippen LogP contribution in [0.25, 0.3) is 0 Å². The van der Waals surface area contributed by atoms with Crippen LogP contribution in [-0.2, 0) is 14.6 Å². The molecule has 1 amide bonds. The van der Waals surface area contributed by atoms with Gasteiger partial charge in [-0.05, 0) is 18.6 Å². The minimum absolute atomic E-state index is 0.0436. The molecule has 0 saturated carbocycles. The van der Waals surface area contributed by atoms with E-state index >= 15 is 0 Å². The highest BCUT2D eigenvalue weighted by atomic mass is 32.2. The van der Waals surface area contributed by atoms with Gasteiger partial charge in [-0.3, -0.25) is 4.79 Å². The Bertz CT molecular complexity index is 600. The Morgan fingerprint density at radius 3 is 2.63 bits per heavy atom. The van der Waals surface area contributed by atoms with Gasteiger partial charge in [0.25, 0.3) is 0 Å². The summed E-state index contributed by atoms with van der Waals surface area (Å²) in [4.78, 5) is 11.7. The maximum absolute atomic E-state index is 11.7. The summed E-state index contributed by atoms with van der Waals surface area (Å²) < 4.78 is 28.4. The Labute approximate surface area is 111 Å². The van der Waals surface area contributed by atoms with Crippen molar-refractivity contribution in [2.24, 2.45) is 5.73 Å². The molecule has 0 aliphatic carbocycles. The molecule has 0 spiro atoms. The van der Waals surface area contributed by atoms with Crippen molar-refractivity contribution in [1.29, 1.82) is 0 Å². The maximum atomic E-state index is 11.7. The minimum atomic E-state index is -3.24. The van der Waals surface area contributed by atoms with Gasteiger partial charge >= 0.3 is 0 Å². The summed E-state index contributed by atoms with van der Waals surface area (Å²) in [6.07, 6.45) is 0.169. The Kier molecular flexibility index (Phi) is 3.40. The number of benzene rings is 1. The summed E-state index contributed by atoms with van der Waals surface area (Å²) >= 11 is 0. The van der Waals surface area contributed by atoms with Gasteiger partial charge in [-0.15, -0.1) is 0 Å². The quantitative estimate of drug-likeness (QED) is 0.820. The molecular weight excluding hydrogens is 268 g/mol. The van der Waals surface area contributed by atoms with Crippen molar-refractivity contribution < 1.29 is 17.9 Å². The van der Waals surface area contributed by atoms with Crippen molar-refractivity contribution in [2.75, 3.05) is 23.9 Å². The monoisotopic (exact) mass is 284 g/mol. The summed E-state index contributed by atoms with van der Waals surface area (Å²) in [5, 5.41) is 2.95. The number of nitrogens with one attached hydrogen (secondary N) is 1. The molecule has 19 heavy (non-hydrogen) atoms. The molecule has 1 aromatic carbocycles. The summed E-state index contributed by atoms with van der Waals surface area (Å²) in [5.41, 5.74) is 4.69. The Morgan fingerprint density at radius 2 is 2.11 bits per heavy atom. The van der Waals surface area contributed by atoms with E-state index < -0.39 is 21.3 Å². The first kappa shape index (κ1) is 13.7. The third-order valence-electron chi connectivity index (χ3n) is 3.26. The predicted molar refractivity (Wildman–Crippen MR) is 71.8 cm³/mol. The fourth-order valence-corrected chi connectivity index (χ4v) is 4.12. The highest BCUT2D eigenvalue weighted by Crippen LogP contribution is 2.32. The predicted octanol–water partition coefficient (Wildman–Crippen LogP) is 0.150. The highest BCUT2D eigenvalue weighted by Gasteiger charge is 2.47. The van der Waals surface area contributed by atoms with Crippen LogP contribution in [0.15, 0.2) is 24.3 Å². The average Bonchev–Trinajstić information content (AvgIpc) is 2.67. The lowest BCUT2D eigenvalue weighted by atomic mass is 9.97. The molecule has 1 heterocycles. The number of sulfone groups is 1. The number of carbonyl (C=O) groups excluding carboxylic acids is 1. The number of hydrogen-bond acceptors (Lipinski definition) is 5. The third kappa shape index (κ3) is 2.65. The van der Waals surface area contributed by atoms with E-state index in [2.05, 4.69) is 5.32 Å². The zero-order valence-corrected chi connectivity index (χ0v) is 11.4. The van der Waals surface area contributed by atoms with E-state index in [9.17, 15) is 13.2 Å². The molecular formula is C12H16N2O4S. The molecule has 0 aromatic heterocycles. The molecule has 1 aliphatic heterocycles. The van der Waals surface area contributed by atoms with Crippen LogP contribution < -0.4 is 15.8 Å². The van der Waals surface area contributed by atoms with E-state index in [1.54, 1.807) is 24.3 Å². The first-order chi connectivity index (χ1) is 8.88. The SMILES string of the molecule is COc1ccccc1NC1(C(N)=O)CCS(=O)(=O)C1. The molecule has 0 radical (unpaired) electrons. The number of para-hydroxylation sites is 2. The zero-order chi connectivity index (χ0) is 14.1. The molecule has 3 N–H and O–H groups in total. The second kappa shape index (κ2) is 4.73. The van der Waals surface area contributed by atoms with E-state index in [4.69, 9.17) is 10.5 Å². The van der Waals surface area contributed by atoms with Crippen LogP contribution in [0.3, 0.4) is 0 Å². The van der Waals surface area contributed by atoms with Crippen molar-refractivity contribution in [3.63, 3.8) is 0 Å². The van der Waals surface area contributed by atoms with Gasteiger partial charge in [0.1, 0.15) is 11.3 Å². The minimum Gasteiger partial charge on any atom is -0.495 e. The van der Waals surface area contributed by atoms with Gasteiger partial charge in [0.15, 0.2) is 9.84 Å². The number of nitrogens with two attached hydrogens (primary N) is 1. The van der Waals surface area contributed by atoms with Crippen LogP contribution in [-0.4, -0.2) is 38.5 Å². The van der Waals surface area contributed by atoms with Crippen molar-refractivity contribution in [3.8, 4) is 5.75 Å². The number of primary amides is 1. The summed E-state index contributed by atoms with van der Waals surface area (Å²) in [5.74, 6) is -0.460. The molecule has 1 unspecified atom stereocenters. The number of carbonyl (C=O) groups is 1. The Morgan fingerprint density at radius 1 is 1.42 bits per heavy atom. The first-order valence-corrected chi connectivity index (χ1v) is 7.62. The summed E-state index contributed by atoms with van der Waals surface area (Å²) in [6, 6.07) is 6.99. The summed E-state index contributed by atoms with van der Waals surface area (Å²) in [6.45, 7) is 0. The number of amides is 1. The van der Waals surface area contributed by atoms with Gasteiger partial charge in [-0.2, -0.15) is 0 Å². The van der Waals surface area contributed by atoms with E-state index in [0.717, 1.165) is 0 Å². The molecule has 2 rings (SSSR count). The summed E-state index contributed by atoms with van der Waals surface area (Å²) in [7, 11) is -1.74. The number of ether oxygens (including phenoxy) is 1. The highest BCUT2D eigenvalue weighted by molar-refractivity contribution is 7.91. The lowest BCUT2D eigenvalue weighted by molar-refractivity contribution is -0.121. The second-order valence-corrected chi connectivity index (χ2v) is 6.80. The van der Waals surface area contributed by atoms with Crippen molar-refractivity contribution in [3.05, 3.63) is 24.3 Å². The molecule has 7 heteroatoms. The average molecular weight is 284 g/mol. The lowest BCUT2D eigenvalue weighted by Crippen LogP contribution is -2.51. The van der Waals surface area contributed by atoms with E-state index in [1.807, 2.05) is 0 Å². The van der Waals surface area contributed by atoms with Crippen molar-refractivity contribution in [2.45, 2.75) is 12.0 Å². The fraction of sp³-hybridized carbons (Fsp3) is 0.417. The van der Waals surface area contributed by atoms with Gasteiger partial charge in [0.05, 0.1) is 24.3 Å². The number of anilines is 1. The molecule has 1 aliphatic rings. The Hall–Kier alpha value is -1.76. The van der Waals surface area contributed by atoms with Crippen molar-refractivity contribution in [1.82, 2.24) is 0 Å². The first-order valence-electron chi connectivity index (χ1n) is 5.80. The van der Waals surface area contributed by atoms with Crippen LogP contribution in [0.4, 0.5) is 5.69 Å². The van der Waals surface area contributed by atoms with Crippen LogP contribution >= 0.6 is 0 Å². The van der Waals surface area contributed by atoms with Gasteiger partial charge in [-0.25, -0.2) is 8.42 Å². The molecule has 0 bridgehead atoms. The smallest absolute Gasteiger partial charge is 0.244 e. The van der Waals surface area contributed by atoms with Crippen LogP contribution in [0.1, 0.15) is 6.42 Å². The standard InChI is InChI=1S/C12H16N2O4S/c1-18-10-5-3-2-4-9(10)14-12(11(13)15)6-7-19(16,17)8-12/h2-5,14H,6-8H2,1H3,(H2,13,15). The van der Waals surface area contributed by atoms with Crippen LogP contribution in [0.2, 0.25) is 0 Å². The Balaban J connectivity index is 2.36. The van der Waals surface area contributed by atoms with E-state index in [-0.39, 0.29) is 17.9 Å². The third-order valence-corrected chi connectivity index (χ3v) is 5.02. The van der Waals surface area contributed by atoms with Crippen LogP contribution in [0, 0.1) is 0 Å². The van der Waals surface area contributed by atoms with Crippen LogP contribution in [0.5, 0.6) is 5.75 Å². The van der Waals surface area contributed by atoms with Gasteiger partial charge < -0.3 is 15.8 Å². The molecule has 1 fully saturated rings. The van der Waals surface area contributed by atoms with Gasteiger partial charge in [0, 0.05) is 0 Å². The number of hydrogen-bond donors (Lipinski definition) is 2. The largest absolute Gasteiger partial charge is 0.495 e. The topological polar surface area (TPSA) is 98.5 Å². The lowest BCUT2D eigenvalue weighted by Gasteiger charge is -2.27. The fourth-order valence-electron chi connectivity index (χ4n) is 2.21. The number of methoxy groups -OCH3 is 1. The number of rotatable bonds is 4. The maximum Gasteiger partial charge on any atom is 0.244 e. The molecule has 1 atom stereocenters. The van der Waals surface area contributed by atoms with Gasteiger partial charge in [0.2, 0.25) is 5.91 Å².